The highest BCUT2D eigenvalue weighted by Gasteiger charge is 2.42. The van der Waals surface area contributed by atoms with E-state index >= 15 is 0 Å². The minimum Gasteiger partial charge on any atom is -0.377 e. The monoisotopic (exact) mass is 341 g/mol. The molecule has 1 N–H and O–H groups in total. The smallest absolute Gasteiger partial charge is 0.229 e. The number of aromatic amines is 1. The lowest BCUT2D eigenvalue weighted by Gasteiger charge is -2.29. The van der Waals surface area contributed by atoms with Crippen LogP contribution in [0.4, 0.5) is 0 Å². The third-order valence-electron chi connectivity index (χ3n) is 5.62. The zero-order valence-electron chi connectivity index (χ0n) is 15.3. The lowest BCUT2D eigenvalue weighted by molar-refractivity contribution is -0.139. The van der Waals surface area contributed by atoms with Crippen molar-refractivity contribution in [3.05, 3.63) is 29.6 Å². The SMILES string of the molecule is Cc1ccc2nc([C@@H]3CCCN3C(=O)[C@@H]3CCO[C@H]3C(C)C)[nH]c2c1. The number of likely N-dealkylation sites (tertiary alicyclic amines) is 1. The average Bonchev–Trinajstić information content (AvgIpc) is 3.31. The molecule has 5 nitrogen and oxygen atoms in total. The molecule has 0 aliphatic carbocycles. The molecule has 134 valence electrons. The van der Waals surface area contributed by atoms with Crippen LogP contribution in [-0.2, 0) is 9.53 Å². The number of aryl methyl sites for hydroxylation is 1. The number of fused-ring (bicyclic) bond motifs is 1. The van der Waals surface area contributed by atoms with E-state index < -0.39 is 0 Å². The summed E-state index contributed by atoms with van der Waals surface area (Å²) in [6.45, 7) is 7.87. The average molecular weight is 341 g/mol. The third kappa shape index (κ3) is 2.95. The summed E-state index contributed by atoms with van der Waals surface area (Å²) < 4.78 is 5.84. The molecule has 0 unspecified atom stereocenters. The normalized spacial score (nSPS) is 26.9. The maximum atomic E-state index is 13.2. The molecular weight excluding hydrogens is 314 g/mol. The molecule has 0 saturated carbocycles. The van der Waals surface area contributed by atoms with Crippen LogP contribution in [0.5, 0.6) is 0 Å². The van der Waals surface area contributed by atoms with Crippen molar-refractivity contribution in [1.29, 1.82) is 0 Å². The predicted molar refractivity (Wildman–Crippen MR) is 97.2 cm³/mol. The first-order chi connectivity index (χ1) is 12.0. The van der Waals surface area contributed by atoms with Crippen molar-refractivity contribution in [1.82, 2.24) is 14.9 Å². The van der Waals surface area contributed by atoms with Gasteiger partial charge in [-0.2, -0.15) is 0 Å². The molecule has 2 fully saturated rings. The van der Waals surface area contributed by atoms with E-state index in [0.29, 0.717) is 12.5 Å². The van der Waals surface area contributed by atoms with Crippen molar-refractivity contribution in [2.45, 2.75) is 52.2 Å². The van der Waals surface area contributed by atoms with E-state index in [4.69, 9.17) is 9.72 Å². The van der Waals surface area contributed by atoms with Crippen LogP contribution in [0.15, 0.2) is 18.2 Å². The number of nitrogens with one attached hydrogen (secondary N) is 1. The molecule has 2 aliphatic heterocycles. The Bertz CT molecular complexity index is 782. The molecule has 3 heterocycles. The van der Waals surface area contributed by atoms with Gasteiger partial charge in [0.2, 0.25) is 5.91 Å². The van der Waals surface area contributed by atoms with Gasteiger partial charge < -0.3 is 14.6 Å². The Morgan fingerprint density at radius 1 is 1.36 bits per heavy atom. The van der Waals surface area contributed by atoms with Crippen LogP contribution in [0.2, 0.25) is 0 Å². The number of rotatable bonds is 3. The molecular formula is C20H27N3O2. The van der Waals surface area contributed by atoms with Crippen molar-refractivity contribution in [2.75, 3.05) is 13.2 Å². The highest BCUT2D eigenvalue weighted by Crippen LogP contribution is 2.36. The topological polar surface area (TPSA) is 58.2 Å². The maximum absolute atomic E-state index is 13.2. The van der Waals surface area contributed by atoms with E-state index in [9.17, 15) is 4.79 Å². The van der Waals surface area contributed by atoms with E-state index in [-0.39, 0.29) is 24.0 Å². The van der Waals surface area contributed by atoms with Crippen LogP contribution in [-0.4, -0.2) is 40.0 Å². The van der Waals surface area contributed by atoms with Crippen molar-refractivity contribution in [3.8, 4) is 0 Å². The molecule has 25 heavy (non-hydrogen) atoms. The molecule has 5 heteroatoms. The summed E-state index contributed by atoms with van der Waals surface area (Å²) in [7, 11) is 0. The van der Waals surface area contributed by atoms with Crippen molar-refractivity contribution in [3.63, 3.8) is 0 Å². The molecule has 0 bridgehead atoms. The van der Waals surface area contributed by atoms with Gasteiger partial charge in [0, 0.05) is 13.2 Å². The Morgan fingerprint density at radius 3 is 3.00 bits per heavy atom. The van der Waals surface area contributed by atoms with E-state index in [1.807, 2.05) is 11.0 Å². The molecule has 0 spiro atoms. The first-order valence-corrected chi connectivity index (χ1v) is 9.43. The van der Waals surface area contributed by atoms with Gasteiger partial charge in [-0.25, -0.2) is 4.98 Å². The standard InChI is InChI=1S/C20H27N3O2/c1-12(2)18-14(8-10-25-18)20(24)23-9-4-5-17(23)19-21-15-7-6-13(3)11-16(15)22-19/h6-7,11-12,14,17-18H,4-5,8-10H2,1-3H3,(H,21,22)/t14-,17+,18+/m1/s1. The quantitative estimate of drug-likeness (QED) is 0.928. The van der Waals surface area contributed by atoms with Crippen LogP contribution < -0.4 is 0 Å². The van der Waals surface area contributed by atoms with Crippen molar-refractivity contribution < 1.29 is 9.53 Å². The molecule has 2 saturated heterocycles. The van der Waals surface area contributed by atoms with Gasteiger partial charge in [-0.1, -0.05) is 19.9 Å². The van der Waals surface area contributed by atoms with Crippen LogP contribution in [0.25, 0.3) is 11.0 Å². The second-order valence-corrected chi connectivity index (χ2v) is 7.81. The largest absolute Gasteiger partial charge is 0.377 e. The summed E-state index contributed by atoms with van der Waals surface area (Å²) in [6, 6.07) is 6.31. The Balaban J connectivity index is 1.60. The van der Waals surface area contributed by atoms with Crippen LogP contribution in [0.3, 0.4) is 0 Å². The Kier molecular flexibility index (Phi) is 4.28. The minimum atomic E-state index is -0.00720. The summed E-state index contributed by atoms with van der Waals surface area (Å²) in [6.07, 6.45) is 2.90. The molecule has 1 aromatic heterocycles. The zero-order valence-corrected chi connectivity index (χ0v) is 15.3. The fraction of sp³-hybridized carbons (Fsp3) is 0.600. The van der Waals surface area contributed by atoms with Gasteiger partial charge in [0.15, 0.2) is 0 Å². The molecule has 0 radical (unpaired) electrons. The zero-order chi connectivity index (χ0) is 17.6. The number of H-pyrrole nitrogens is 1. The first-order valence-electron chi connectivity index (χ1n) is 9.43. The Hall–Kier alpha value is -1.88. The number of hydrogen-bond donors (Lipinski definition) is 1. The number of ether oxygens (including phenoxy) is 1. The van der Waals surface area contributed by atoms with Crippen molar-refractivity contribution in [2.24, 2.45) is 11.8 Å². The fourth-order valence-electron chi connectivity index (χ4n) is 4.36. The van der Waals surface area contributed by atoms with E-state index in [2.05, 4.69) is 37.9 Å². The Labute approximate surface area is 148 Å². The molecule has 1 amide bonds. The summed E-state index contributed by atoms with van der Waals surface area (Å²) in [5.74, 6) is 1.53. The van der Waals surface area contributed by atoms with Crippen LogP contribution in [0, 0.1) is 18.8 Å². The number of carbonyl (C=O) groups is 1. The number of carbonyl (C=O) groups excluding carboxylic acids is 1. The fourth-order valence-corrected chi connectivity index (χ4v) is 4.36. The van der Waals surface area contributed by atoms with Gasteiger partial charge in [0.1, 0.15) is 5.82 Å². The van der Waals surface area contributed by atoms with Gasteiger partial charge in [0.25, 0.3) is 0 Å². The van der Waals surface area contributed by atoms with E-state index in [1.54, 1.807) is 0 Å². The lowest BCUT2D eigenvalue weighted by Crippen LogP contribution is -2.40. The number of nitrogens with zero attached hydrogens (tertiary/aromatic N) is 2. The molecule has 4 rings (SSSR count). The number of amides is 1. The summed E-state index contributed by atoms with van der Waals surface area (Å²) in [5.41, 5.74) is 3.24. The van der Waals surface area contributed by atoms with Crippen molar-refractivity contribution >= 4 is 16.9 Å². The second-order valence-electron chi connectivity index (χ2n) is 7.81. The van der Waals surface area contributed by atoms with Gasteiger partial charge in [-0.05, 0) is 49.8 Å². The number of hydrogen-bond acceptors (Lipinski definition) is 3. The number of aromatic nitrogens is 2. The summed E-state index contributed by atoms with van der Waals surface area (Å²) in [5, 5.41) is 0. The Morgan fingerprint density at radius 2 is 2.20 bits per heavy atom. The van der Waals surface area contributed by atoms with E-state index in [0.717, 1.165) is 42.7 Å². The van der Waals surface area contributed by atoms with Gasteiger partial charge in [-0.3, -0.25) is 4.79 Å². The minimum absolute atomic E-state index is 0.00720. The van der Waals surface area contributed by atoms with Crippen LogP contribution >= 0.6 is 0 Å². The van der Waals surface area contributed by atoms with Gasteiger partial charge in [-0.15, -0.1) is 0 Å². The number of benzene rings is 1. The maximum Gasteiger partial charge on any atom is 0.229 e. The molecule has 2 aliphatic rings. The predicted octanol–water partition coefficient (Wildman–Crippen LogP) is 3.60. The van der Waals surface area contributed by atoms with Gasteiger partial charge in [0.05, 0.1) is 29.1 Å². The molecule has 1 aromatic carbocycles. The highest BCUT2D eigenvalue weighted by molar-refractivity contribution is 5.81. The lowest BCUT2D eigenvalue weighted by atomic mass is 9.91. The van der Waals surface area contributed by atoms with Gasteiger partial charge >= 0.3 is 0 Å². The second kappa shape index (κ2) is 6.45. The third-order valence-corrected chi connectivity index (χ3v) is 5.62. The summed E-state index contributed by atoms with van der Waals surface area (Å²) in [4.78, 5) is 23.5. The number of imidazole rings is 1. The highest BCUT2D eigenvalue weighted by atomic mass is 16.5. The first kappa shape index (κ1) is 16.6. The van der Waals surface area contributed by atoms with E-state index in [1.165, 1.54) is 5.56 Å². The van der Waals surface area contributed by atoms with Crippen LogP contribution in [0.1, 0.15) is 50.5 Å². The molecule has 2 aromatic rings. The summed E-state index contributed by atoms with van der Waals surface area (Å²) >= 11 is 0. The molecule has 3 atom stereocenters.